The van der Waals surface area contributed by atoms with Crippen molar-refractivity contribution < 1.29 is 23.9 Å². The number of carbonyl (C=O) groups excluding carboxylic acids is 4. The zero-order valence-corrected chi connectivity index (χ0v) is 17.2. The van der Waals surface area contributed by atoms with Crippen molar-refractivity contribution in [2.24, 2.45) is 17.8 Å². The van der Waals surface area contributed by atoms with E-state index in [1.807, 2.05) is 0 Å². The molecular weight excluding hydrogens is 394 g/mol. The van der Waals surface area contributed by atoms with Crippen LogP contribution in [-0.2, 0) is 14.3 Å². The van der Waals surface area contributed by atoms with E-state index < -0.39 is 12.0 Å². The molecule has 3 aliphatic rings. The molecule has 0 saturated heterocycles. The van der Waals surface area contributed by atoms with Crippen molar-refractivity contribution in [2.75, 3.05) is 5.32 Å². The molecule has 0 spiro atoms. The van der Waals surface area contributed by atoms with Gasteiger partial charge in [0.15, 0.2) is 17.7 Å². The van der Waals surface area contributed by atoms with E-state index in [9.17, 15) is 19.2 Å². The predicted molar refractivity (Wildman–Crippen MR) is 113 cm³/mol. The van der Waals surface area contributed by atoms with Crippen LogP contribution < -0.4 is 5.32 Å². The van der Waals surface area contributed by atoms with Gasteiger partial charge in [0.25, 0.3) is 5.91 Å². The number of nitrogens with one attached hydrogen (secondary N) is 1. The molecule has 1 N–H and O–H groups in total. The number of hydrogen-bond donors (Lipinski definition) is 1. The molecule has 4 atom stereocenters. The number of fused-ring (bicyclic) bond motifs is 4. The maximum Gasteiger partial charge on any atom is 0.309 e. The lowest BCUT2D eigenvalue weighted by Crippen LogP contribution is -2.33. The minimum Gasteiger partial charge on any atom is -0.452 e. The molecule has 0 aromatic heterocycles. The van der Waals surface area contributed by atoms with Crippen LogP contribution in [0.2, 0.25) is 0 Å². The summed E-state index contributed by atoms with van der Waals surface area (Å²) in [6.07, 6.45) is 3.26. The van der Waals surface area contributed by atoms with Gasteiger partial charge in [0.1, 0.15) is 0 Å². The summed E-state index contributed by atoms with van der Waals surface area (Å²) in [4.78, 5) is 50.6. The number of anilines is 1. The lowest BCUT2D eigenvalue weighted by atomic mass is 9.84. The highest BCUT2D eigenvalue weighted by molar-refractivity contribution is 6.28. The zero-order valence-electron chi connectivity index (χ0n) is 17.2. The molecule has 2 bridgehead atoms. The van der Waals surface area contributed by atoms with Crippen LogP contribution in [-0.4, -0.2) is 29.5 Å². The normalized spacial score (nSPS) is 24.4. The van der Waals surface area contributed by atoms with E-state index in [1.54, 1.807) is 43.3 Å². The van der Waals surface area contributed by atoms with Crippen LogP contribution >= 0.6 is 0 Å². The van der Waals surface area contributed by atoms with E-state index in [0.717, 1.165) is 19.3 Å². The summed E-state index contributed by atoms with van der Waals surface area (Å²) in [6.45, 7) is 1.55. The average molecular weight is 417 g/mol. The van der Waals surface area contributed by atoms with Crippen LogP contribution in [0.3, 0.4) is 0 Å². The van der Waals surface area contributed by atoms with Gasteiger partial charge >= 0.3 is 5.97 Å². The molecule has 6 nitrogen and oxygen atoms in total. The van der Waals surface area contributed by atoms with Gasteiger partial charge in [0, 0.05) is 27.9 Å². The number of ether oxygens (including phenoxy) is 1. The zero-order chi connectivity index (χ0) is 21.7. The summed E-state index contributed by atoms with van der Waals surface area (Å²) in [5.74, 6) is -0.314. The van der Waals surface area contributed by atoms with Crippen LogP contribution in [0.5, 0.6) is 0 Å². The number of carbonyl (C=O) groups is 4. The van der Waals surface area contributed by atoms with Crippen molar-refractivity contribution >= 4 is 29.1 Å². The van der Waals surface area contributed by atoms with Gasteiger partial charge in [-0.3, -0.25) is 19.2 Å². The summed E-state index contributed by atoms with van der Waals surface area (Å²) in [5, 5.41) is 2.70. The molecule has 31 heavy (non-hydrogen) atoms. The second-order valence-corrected chi connectivity index (χ2v) is 8.81. The number of ketones is 2. The van der Waals surface area contributed by atoms with E-state index in [-0.39, 0.29) is 29.0 Å². The summed E-state index contributed by atoms with van der Waals surface area (Å²) < 4.78 is 5.45. The molecule has 4 unspecified atom stereocenters. The van der Waals surface area contributed by atoms with Crippen molar-refractivity contribution in [3.8, 4) is 0 Å². The van der Waals surface area contributed by atoms with Gasteiger partial charge < -0.3 is 10.1 Å². The van der Waals surface area contributed by atoms with Crippen LogP contribution in [0, 0.1) is 17.8 Å². The quantitative estimate of drug-likeness (QED) is 0.653. The fourth-order valence-electron chi connectivity index (χ4n) is 5.27. The summed E-state index contributed by atoms with van der Waals surface area (Å²) in [6, 6.07) is 11.3. The summed E-state index contributed by atoms with van der Waals surface area (Å²) >= 11 is 0. The van der Waals surface area contributed by atoms with Crippen molar-refractivity contribution in [1.29, 1.82) is 0 Å². The van der Waals surface area contributed by atoms with Gasteiger partial charge in [-0.25, -0.2) is 0 Å². The summed E-state index contributed by atoms with van der Waals surface area (Å²) in [7, 11) is 0. The molecule has 5 rings (SSSR count). The monoisotopic (exact) mass is 417 g/mol. The van der Waals surface area contributed by atoms with Crippen molar-refractivity contribution in [2.45, 2.75) is 38.7 Å². The van der Waals surface area contributed by atoms with Crippen LogP contribution in [0.1, 0.15) is 64.4 Å². The topological polar surface area (TPSA) is 89.5 Å². The third-order valence-electron chi connectivity index (χ3n) is 6.90. The molecule has 0 radical (unpaired) electrons. The molecule has 6 heteroatoms. The highest BCUT2D eigenvalue weighted by Crippen LogP contribution is 2.48. The first-order valence-electron chi connectivity index (χ1n) is 10.8. The summed E-state index contributed by atoms with van der Waals surface area (Å²) in [5.41, 5.74) is 1.70. The molecule has 2 fully saturated rings. The van der Waals surface area contributed by atoms with Crippen molar-refractivity contribution in [1.82, 2.24) is 0 Å². The number of esters is 1. The minimum absolute atomic E-state index is 0.0959. The number of benzene rings is 2. The Morgan fingerprint density at radius 3 is 2.26 bits per heavy atom. The van der Waals surface area contributed by atoms with Gasteiger partial charge in [-0.05, 0) is 56.2 Å². The second kappa shape index (κ2) is 7.45. The van der Waals surface area contributed by atoms with Crippen molar-refractivity contribution in [3.05, 3.63) is 64.7 Å². The number of amides is 1. The van der Waals surface area contributed by atoms with Crippen LogP contribution in [0.4, 0.5) is 5.69 Å². The largest absolute Gasteiger partial charge is 0.452 e. The fourth-order valence-corrected chi connectivity index (χ4v) is 5.27. The first-order chi connectivity index (χ1) is 14.9. The predicted octanol–water partition coefficient (Wildman–Crippen LogP) is 3.77. The molecule has 0 heterocycles. The van der Waals surface area contributed by atoms with E-state index >= 15 is 0 Å². The first-order valence-corrected chi connectivity index (χ1v) is 10.8. The highest BCUT2D eigenvalue weighted by Gasteiger charge is 2.44. The molecular formula is C25H23NO5. The third-order valence-corrected chi connectivity index (χ3v) is 6.90. The number of hydrogen-bond acceptors (Lipinski definition) is 5. The average Bonchev–Trinajstić information content (AvgIpc) is 3.41. The van der Waals surface area contributed by atoms with Crippen LogP contribution in [0.25, 0.3) is 0 Å². The Hall–Kier alpha value is -3.28. The fraction of sp³-hybridized carbons (Fsp3) is 0.360. The van der Waals surface area contributed by atoms with Gasteiger partial charge in [0.05, 0.1) is 5.92 Å². The lowest BCUT2D eigenvalue weighted by Gasteiger charge is -2.22. The van der Waals surface area contributed by atoms with E-state index in [0.29, 0.717) is 34.2 Å². The molecule has 1 amide bonds. The Balaban J connectivity index is 1.28. The van der Waals surface area contributed by atoms with Gasteiger partial charge in [0.2, 0.25) is 0 Å². The maximum absolute atomic E-state index is 12.8. The van der Waals surface area contributed by atoms with Crippen LogP contribution in [0.15, 0.2) is 42.5 Å². The lowest BCUT2D eigenvalue weighted by molar-refractivity contribution is -0.158. The molecule has 158 valence electrons. The number of rotatable bonds is 4. The second-order valence-electron chi connectivity index (χ2n) is 8.81. The van der Waals surface area contributed by atoms with Gasteiger partial charge in [-0.2, -0.15) is 0 Å². The van der Waals surface area contributed by atoms with Crippen molar-refractivity contribution in [3.63, 3.8) is 0 Å². The molecule has 3 aliphatic carbocycles. The molecule has 0 aliphatic heterocycles. The third kappa shape index (κ3) is 3.36. The SMILES string of the molecule is CC(OC(=O)C1CC2CCC1C2)C(=O)Nc1ccc2c(c1)C(=O)c1ccccc1C2=O. The minimum atomic E-state index is -0.944. The maximum atomic E-state index is 12.8. The van der Waals surface area contributed by atoms with E-state index in [4.69, 9.17) is 4.74 Å². The Labute approximate surface area is 180 Å². The first kappa shape index (κ1) is 19.7. The highest BCUT2D eigenvalue weighted by atomic mass is 16.5. The molecule has 2 aromatic rings. The van der Waals surface area contributed by atoms with E-state index in [2.05, 4.69) is 5.32 Å². The van der Waals surface area contributed by atoms with E-state index in [1.165, 1.54) is 12.5 Å². The van der Waals surface area contributed by atoms with Gasteiger partial charge in [-0.15, -0.1) is 0 Å². The Bertz CT molecular complexity index is 1120. The standard InChI is InChI=1S/C25H23NO5/c1-13(31-25(30)20-11-14-6-7-15(20)10-14)24(29)26-16-8-9-19-21(12-16)23(28)18-5-3-2-4-17(18)22(19)27/h2-5,8-9,12-15,20H,6-7,10-11H2,1H3,(H,26,29). The Morgan fingerprint density at radius 2 is 1.61 bits per heavy atom. The Kier molecular flexibility index (Phi) is 4.73. The van der Waals surface area contributed by atoms with Gasteiger partial charge in [-0.1, -0.05) is 30.7 Å². The Morgan fingerprint density at radius 1 is 0.935 bits per heavy atom. The molecule has 2 aromatic carbocycles. The smallest absolute Gasteiger partial charge is 0.309 e. The molecule has 2 saturated carbocycles.